The highest BCUT2D eigenvalue weighted by atomic mass is 33.1. The standard InChI is InChI=1S/C11H11N3O4S2/c1-2-9(13(15)16)4-3-7-19-20-11-6-5-10(8-12-11)14(17)18/h2-6,8H,7H2,1H3/b4-3-,9-2+. The smallest absolute Gasteiger partial charge is 0.258 e. The SMILES string of the molecule is C/C=C(\C=C/CSSc1ccc([N+](=O)[O-])cn1)[N+](=O)[O-]. The van der Waals surface area contributed by atoms with Crippen LogP contribution in [0.3, 0.4) is 0 Å². The van der Waals surface area contributed by atoms with Gasteiger partial charge in [0, 0.05) is 17.9 Å². The number of nitrogens with zero attached hydrogens (tertiary/aromatic N) is 3. The molecule has 0 saturated heterocycles. The second-order valence-corrected chi connectivity index (χ2v) is 5.71. The predicted octanol–water partition coefficient (Wildman–Crippen LogP) is 3.47. The van der Waals surface area contributed by atoms with Gasteiger partial charge in [0.05, 0.1) is 9.85 Å². The molecule has 0 bridgehead atoms. The second-order valence-electron chi connectivity index (χ2n) is 3.35. The average Bonchev–Trinajstić information content (AvgIpc) is 2.42. The van der Waals surface area contributed by atoms with Crippen molar-refractivity contribution < 1.29 is 9.85 Å². The van der Waals surface area contributed by atoms with Crippen molar-refractivity contribution in [3.8, 4) is 0 Å². The van der Waals surface area contributed by atoms with Gasteiger partial charge >= 0.3 is 0 Å². The first-order valence-corrected chi connectivity index (χ1v) is 7.73. The number of rotatable bonds is 7. The first kappa shape index (κ1) is 16.2. The van der Waals surface area contributed by atoms with E-state index in [1.807, 2.05) is 0 Å². The molecule has 0 aliphatic heterocycles. The van der Waals surface area contributed by atoms with Crippen LogP contribution in [0, 0.1) is 20.2 Å². The molecule has 1 heterocycles. The number of hydrogen-bond acceptors (Lipinski definition) is 7. The highest BCUT2D eigenvalue weighted by Gasteiger charge is 2.05. The Hall–Kier alpha value is -1.87. The summed E-state index contributed by atoms with van der Waals surface area (Å²) >= 11 is 0. The summed E-state index contributed by atoms with van der Waals surface area (Å²) in [6.45, 7) is 1.60. The van der Waals surface area contributed by atoms with Crippen molar-refractivity contribution in [3.05, 3.63) is 62.5 Å². The van der Waals surface area contributed by atoms with E-state index in [9.17, 15) is 20.2 Å². The maximum Gasteiger partial charge on any atom is 0.287 e. The molecule has 9 heteroatoms. The van der Waals surface area contributed by atoms with Gasteiger partial charge in [-0.05, 0) is 29.9 Å². The van der Waals surface area contributed by atoms with Crippen molar-refractivity contribution in [2.45, 2.75) is 11.9 Å². The van der Waals surface area contributed by atoms with Crippen molar-refractivity contribution in [2.24, 2.45) is 0 Å². The van der Waals surface area contributed by atoms with Gasteiger partial charge < -0.3 is 0 Å². The van der Waals surface area contributed by atoms with E-state index in [-0.39, 0.29) is 11.4 Å². The van der Waals surface area contributed by atoms with Crippen LogP contribution < -0.4 is 0 Å². The molecule has 1 rings (SSSR count). The second kappa shape index (κ2) is 8.33. The summed E-state index contributed by atoms with van der Waals surface area (Å²) in [4.78, 5) is 23.9. The molecule has 0 spiro atoms. The third-order valence-corrected chi connectivity index (χ3v) is 4.17. The number of hydrogen-bond donors (Lipinski definition) is 0. The highest BCUT2D eigenvalue weighted by Crippen LogP contribution is 2.30. The molecule has 0 atom stereocenters. The molecular weight excluding hydrogens is 302 g/mol. The lowest BCUT2D eigenvalue weighted by Crippen LogP contribution is -1.94. The van der Waals surface area contributed by atoms with Crippen LogP contribution in [0.25, 0.3) is 0 Å². The van der Waals surface area contributed by atoms with Gasteiger partial charge in [0.1, 0.15) is 11.2 Å². The van der Waals surface area contributed by atoms with Crippen molar-refractivity contribution in [1.29, 1.82) is 0 Å². The van der Waals surface area contributed by atoms with Crippen LogP contribution >= 0.6 is 21.6 Å². The third kappa shape index (κ3) is 5.41. The Bertz CT molecular complexity index is 543. The fraction of sp³-hybridized carbons (Fsp3) is 0.182. The van der Waals surface area contributed by atoms with Gasteiger partial charge in [-0.3, -0.25) is 20.2 Å². The van der Waals surface area contributed by atoms with Crippen LogP contribution in [0.4, 0.5) is 5.69 Å². The fourth-order valence-electron chi connectivity index (χ4n) is 1.09. The van der Waals surface area contributed by atoms with E-state index >= 15 is 0 Å². The molecule has 0 aliphatic rings. The molecule has 0 aliphatic carbocycles. The first-order chi connectivity index (χ1) is 9.54. The van der Waals surface area contributed by atoms with Crippen molar-refractivity contribution >= 4 is 27.3 Å². The monoisotopic (exact) mass is 313 g/mol. The summed E-state index contributed by atoms with van der Waals surface area (Å²) in [6, 6.07) is 2.95. The average molecular weight is 313 g/mol. The Balaban J connectivity index is 2.39. The minimum absolute atomic E-state index is 0.0454. The summed E-state index contributed by atoms with van der Waals surface area (Å²) < 4.78 is 0. The van der Waals surface area contributed by atoms with Crippen molar-refractivity contribution in [2.75, 3.05) is 5.75 Å². The van der Waals surface area contributed by atoms with Crippen LogP contribution in [-0.2, 0) is 0 Å². The molecule has 1 aromatic rings. The van der Waals surface area contributed by atoms with Gasteiger partial charge in [0.15, 0.2) is 0 Å². The Kier molecular flexibility index (Phi) is 6.74. The van der Waals surface area contributed by atoms with E-state index in [0.29, 0.717) is 10.8 Å². The van der Waals surface area contributed by atoms with E-state index in [2.05, 4.69) is 4.98 Å². The quantitative estimate of drug-likeness (QED) is 0.250. The normalized spacial score (nSPS) is 11.8. The highest BCUT2D eigenvalue weighted by molar-refractivity contribution is 8.76. The van der Waals surface area contributed by atoms with Crippen LogP contribution in [0.1, 0.15) is 6.92 Å². The molecule has 20 heavy (non-hydrogen) atoms. The Morgan fingerprint density at radius 3 is 2.65 bits per heavy atom. The molecule has 0 unspecified atom stereocenters. The molecule has 7 nitrogen and oxygen atoms in total. The lowest BCUT2D eigenvalue weighted by molar-refractivity contribution is -0.419. The van der Waals surface area contributed by atoms with Gasteiger partial charge in [-0.25, -0.2) is 4.98 Å². The molecule has 0 radical (unpaired) electrons. The maximum atomic E-state index is 10.5. The van der Waals surface area contributed by atoms with Crippen LogP contribution in [0.5, 0.6) is 0 Å². The van der Waals surface area contributed by atoms with Crippen LogP contribution in [0.2, 0.25) is 0 Å². The number of aromatic nitrogens is 1. The summed E-state index contributed by atoms with van der Waals surface area (Å²) in [5.41, 5.74) is -0.00739. The summed E-state index contributed by atoms with van der Waals surface area (Å²) in [5, 5.41) is 21.6. The van der Waals surface area contributed by atoms with Gasteiger partial charge in [-0.15, -0.1) is 0 Å². The minimum atomic E-state index is -0.506. The summed E-state index contributed by atoms with van der Waals surface area (Å²) in [7, 11) is 2.78. The predicted molar refractivity (Wildman–Crippen MR) is 79.1 cm³/mol. The summed E-state index contributed by atoms with van der Waals surface area (Å²) in [5.74, 6) is 0.564. The van der Waals surface area contributed by atoms with E-state index in [0.717, 1.165) is 0 Å². The largest absolute Gasteiger partial charge is 0.287 e. The fourth-order valence-corrected chi connectivity index (χ4v) is 2.78. The molecule has 1 aromatic heterocycles. The Labute approximate surface area is 122 Å². The molecule has 0 aromatic carbocycles. The van der Waals surface area contributed by atoms with Gasteiger partial charge in [0.2, 0.25) is 0 Å². The Morgan fingerprint density at radius 1 is 1.40 bits per heavy atom. The maximum absolute atomic E-state index is 10.5. The van der Waals surface area contributed by atoms with Gasteiger partial charge in [-0.2, -0.15) is 0 Å². The number of nitro groups is 2. The molecule has 0 amide bonds. The zero-order chi connectivity index (χ0) is 15.0. The third-order valence-electron chi connectivity index (χ3n) is 2.04. The van der Waals surface area contributed by atoms with E-state index < -0.39 is 9.85 Å². The first-order valence-electron chi connectivity index (χ1n) is 5.41. The lowest BCUT2D eigenvalue weighted by Gasteiger charge is -1.97. The lowest BCUT2D eigenvalue weighted by atomic mass is 10.4. The number of allylic oxidation sites excluding steroid dienone is 2. The van der Waals surface area contributed by atoms with Crippen LogP contribution in [-0.4, -0.2) is 20.6 Å². The molecule has 106 valence electrons. The number of pyridine rings is 1. The van der Waals surface area contributed by atoms with E-state index in [1.165, 1.54) is 46.0 Å². The van der Waals surface area contributed by atoms with Gasteiger partial charge in [0.25, 0.3) is 11.4 Å². The molecule has 0 fully saturated rings. The summed E-state index contributed by atoms with van der Waals surface area (Å²) in [6.07, 6.45) is 5.74. The molecule has 0 N–H and O–H groups in total. The van der Waals surface area contributed by atoms with E-state index in [1.54, 1.807) is 19.1 Å². The zero-order valence-electron chi connectivity index (χ0n) is 10.5. The zero-order valence-corrected chi connectivity index (χ0v) is 12.1. The minimum Gasteiger partial charge on any atom is -0.258 e. The van der Waals surface area contributed by atoms with Crippen molar-refractivity contribution in [1.82, 2.24) is 4.98 Å². The van der Waals surface area contributed by atoms with E-state index in [4.69, 9.17) is 0 Å². The molecule has 0 saturated carbocycles. The van der Waals surface area contributed by atoms with Crippen molar-refractivity contribution in [3.63, 3.8) is 0 Å². The topological polar surface area (TPSA) is 99.2 Å². The van der Waals surface area contributed by atoms with Gasteiger partial charge in [-0.1, -0.05) is 16.9 Å². The van der Waals surface area contributed by atoms with Crippen LogP contribution in [0.15, 0.2) is 47.3 Å². The molecular formula is C11H11N3O4S2. The Morgan fingerprint density at radius 2 is 2.15 bits per heavy atom.